The Kier molecular flexibility index (Phi) is 2.09. The largest absolute Gasteiger partial charge is 0.0619 e. The van der Waals surface area contributed by atoms with Crippen LogP contribution in [0.2, 0.25) is 0 Å². The molecule has 5 rings (SSSR count). The summed E-state index contributed by atoms with van der Waals surface area (Å²) in [5.41, 5.74) is 5.67. The molecule has 0 nitrogen and oxygen atoms in total. The van der Waals surface area contributed by atoms with Gasteiger partial charge in [0, 0.05) is 0 Å². The summed E-state index contributed by atoms with van der Waals surface area (Å²) in [4.78, 5) is 0. The summed E-state index contributed by atoms with van der Waals surface area (Å²) in [7, 11) is 0. The third kappa shape index (κ3) is 1.39. The molecular weight excluding hydrogens is 252 g/mol. The molecule has 0 spiro atoms. The summed E-state index contributed by atoms with van der Waals surface area (Å²) in [5.74, 6) is 0. The van der Waals surface area contributed by atoms with Crippen LogP contribution in [-0.2, 0) is 6.42 Å². The first-order valence-corrected chi connectivity index (χ1v) is 7.36. The van der Waals surface area contributed by atoms with E-state index in [0.29, 0.717) is 0 Å². The van der Waals surface area contributed by atoms with E-state index in [0.717, 1.165) is 6.42 Å². The van der Waals surface area contributed by atoms with E-state index in [-0.39, 0.29) is 0 Å². The lowest BCUT2D eigenvalue weighted by Crippen LogP contribution is -1.87. The minimum atomic E-state index is 1.02. The maximum atomic E-state index is 3.48. The van der Waals surface area contributed by atoms with Crippen molar-refractivity contribution in [2.75, 3.05) is 0 Å². The van der Waals surface area contributed by atoms with Gasteiger partial charge in [-0.3, -0.25) is 0 Å². The van der Waals surface area contributed by atoms with Crippen molar-refractivity contribution in [2.24, 2.45) is 0 Å². The zero-order valence-corrected chi connectivity index (χ0v) is 11.6. The molecule has 0 saturated heterocycles. The van der Waals surface area contributed by atoms with E-state index in [1.54, 1.807) is 0 Å². The van der Waals surface area contributed by atoms with Crippen molar-refractivity contribution in [1.82, 2.24) is 0 Å². The molecule has 21 heavy (non-hydrogen) atoms. The predicted molar refractivity (Wildman–Crippen MR) is 88.5 cm³/mol. The normalized spacial score (nSPS) is 12.6. The molecule has 0 atom stereocenters. The van der Waals surface area contributed by atoms with Crippen LogP contribution in [0.1, 0.15) is 11.1 Å². The Morgan fingerprint density at radius 2 is 1.48 bits per heavy atom. The van der Waals surface area contributed by atoms with Crippen molar-refractivity contribution >= 4 is 21.5 Å². The van der Waals surface area contributed by atoms with Gasteiger partial charge in [-0.1, -0.05) is 66.7 Å². The van der Waals surface area contributed by atoms with Crippen LogP contribution in [0.25, 0.3) is 32.7 Å². The SMILES string of the molecule is [c]1cccc2c1c1c(c3ccccc32)-c2ccccc2C1. The molecule has 0 unspecified atom stereocenters. The van der Waals surface area contributed by atoms with Crippen LogP contribution in [0, 0.1) is 6.07 Å². The molecule has 0 bridgehead atoms. The molecule has 0 saturated carbocycles. The first kappa shape index (κ1) is 11.1. The molecule has 0 aliphatic heterocycles. The third-order valence-corrected chi connectivity index (χ3v) is 4.60. The summed E-state index contributed by atoms with van der Waals surface area (Å²) < 4.78 is 0. The van der Waals surface area contributed by atoms with Crippen molar-refractivity contribution in [3.05, 3.63) is 83.9 Å². The lowest BCUT2D eigenvalue weighted by molar-refractivity contribution is 1.29. The monoisotopic (exact) mass is 265 g/mol. The first-order valence-electron chi connectivity index (χ1n) is 7.36. The molecular formula is C21H13. The second-order valence-corrected chi connectivity index (χ2v) is 5.69. The molecule has 1 radical (unpaired) electrons. The molecule has 1 aliphatic rings. The van der Waals surface area contributed by atoms with Gasteiger partial charge in [0.05, 0.1) is 0 Å². The molecule has 1 aliphatic carbocycles. The lowest BCUT2D eigenvalue weighted by Gasteiger charge is -2.11. The predicted octanol–water partition coefficient (Wildman–Crippen LogP) is 5.36. The van der Waals surface area contributed by atoms with Crippen molar-refractivity contribution in [3.8, 4) is 11.1 Å². The van der Waals surface area contributed by atoms with E-state index in [4.69, 9.17) is 0 Å². The molecule has 0 aromatic heterocycles. The quantitative estimate of drug-likeness (QED) is 0.330. The second-order valence-electron chi connectivity index (χ2n) is 5.69. The smallest absolute Gasteiger partial charge is 0.000683 e. The Morgan fingerprint density at radius 1 is 0.714 bits per heavy atom. The second kappa shape index (κ2) is 3.95. The number of rotatable bonds is 0. The van der Waals surface area contributed by atoms with Gasteiger partial charge in [-0.25, -0.2) is 0 Å². The van der Waals surface area contributed by atoms with Crippen LogP contribution in [-0.4, -0.2) is 0 Å². The Morgan fingerprint density at radius 3 is 2.43 bits per heavy atom. The minimum Gasteiger partial charge on any atom is -0.0619 e. The van der Waals surface area contributed by atoms with Gasteiger partial charge in [0.2, 0.25) is 0 Å². The third-order valence-electron chi connectivity index (χ3n) is 4.60. The highest BCUT2D eigenvalue weighted by molar-refractivity contribution is 6.17. The minimum absolute atomic E-state index is 1.02. The van der Waals surface area contributed by atoms with Gasteiger partial charge >= 0.3 is 0 Å². The average molecular weight is 265 g/mol. The molecule has 0 N–H and O–H groups in total. The standard InChI is InChI=1S/C21H13/c1-2-8-15-14(7-1)13-20-18-11-4-3-9-16(18)17-10-5-6-12-19(17)21(15)20/h1-10,12H,13H2. The Balaban J connectivity index is 2.08. The van der Waals surface area contributed by atoms with Crippen LogP contribution < -0.4 is 0 Å². The molecule has 0 fully saturated rings. The van der Waals surface area contributed by atoms with Crippen molar-refractivity contribution in [2.45, 2.75) is 6.42 Å². The van der Waals surface area contributed by atoms with Gasteiger partial charge in [0.25, 0.3) is 0 Å². The maximum absolute atomic E-state index is 3.48. The zero-order chi connectivity index (χ0) is 13.8. The van der Waals surface area contributed by atoms with Gasteiger partial charge in [-0.05, 0) is 56.3 Å². The van der Waals surface area contributed by atoms with Crippen LogP contribution in [0.4, 0.5) is 0 Å². The van der Waals surface area contributed by atoms with Gasteiger partial charge in [0.15, 0.2) is 0 Å². The summed E-state index contributed by atoms with van der Waals surface area (Å²) in [6.45, 7) is 0. The molecule has 4 aromatic carbocycles. The van der Waals surface area contributed by atoms with E-state index < -0.39 is 0 Å². The van der Waals surface area contributed by atoms with Gasteiger partial charge in [-0.15, -0.1) is 0 Å². The number of hydrogen-bond donors (Lipinski definition) is 0. The van der Waals surface area contributed by atoms with Crippen molar-refractivity contribution < 1.29 is 0 Å². The highest BCUT2D eigenvalue weighted by Gasteiger charge is 2.23. The summed E-state index contributed by atoms with van der Waals surface area (Å²) in [6.07, 6.45) is 1.02. The van der Waals surface area contributed by atoms with E-state index in [1.807, 2.05) is 6.07 Å². The number of benzene rings is 4. The Bertz CT molecular complexity index is 1010. The molecule has 0 heterocycles. The summed E-state index contributed by atoms with van der Waals surface area (Å²) in [5, 5.41) is 5.30. The molecule has 0 amide bonds. The fourth-order valence-corrected chi connectivity index (χ4v) is 3.73. The zero-order valence-electron chi connectivity index (χ0n) is 11.6. The number of fused-ring (bicyclic) bond motifs is 8. The van der Waals surface area contributed by atoms with E-state index >= 15 is 0 Å². The van der Waals surface area contributed by atoms with Crippen LogP contribution in [0.3, 0.4) is 0 Å². The van der Waals surface area contributed by atoms with Gasteiger partial charge in [-0.2, -0.15) is 0 Å². The van der Waals surface area contributed by atoms with Crippen LogP contribution >= 0.6 is 0 Å². The fourth-order valence-electron chi connectivity index (χ4n) is 3.73. The molecule has 97 valence electrons. The molecule has 4 aromatic rings. The average Bonchev–Trinajstić information content (AvgIpc) is 2.95. The maximum Gasteiger partial charge on any atom is -0.000683 e. The Labute approximate surface area is 123 Å². The van der Waals surface area contributed by atoms with E-state index in [2.05, 4.69) is 66.7 Å². The Hall–Kier alpha value is -2.60. The molecule has 0 heteroatoms. The number of hydrogen-bond acceptors (Lipinski definition) is 0. The van der Waals surface area contributed by atoms with Gasteiger partial charge < -0.3 is 0 Å². The first-order chi connectivity index (χ1) is 10.4. The lowest BCUT2D eigenvalue weighted by atomic mass is 9.92. The van der Waals surface area contributed by atoms with Crippen molar-refractivity contribution in [1.29, 1.82) is 0 Å². The topological polar surface area (TPSA) is 0 Å². The highest BCUT2D eigenvalue weighted by Crippen LogP contribution is 2.45. The fraction of sp³-hybridized carbons (Fsp3) is 0.0476. The van der Waals surface area contributed by atoms with Crippen LogP contribution in [0.15, 0.2) is 66.7 Å². The van der Waals surface area contributed by atoms with Gasteiger partial charge in [0.1, 0.15) is 0 Å². The van der Waals surface area contributed by atoms with Crippen molar-refractivity contribution in [3.63, 3.8) is 0 Å². The van der Waals surface area contributed by atoms with Crippen LogP contribution in [0.5, 0.6) is 0 Å². The summed E-state index contributed by atoms with van der Waals surface area (Å²) in [6, 6.07) is 27.3. The van der Waals surface area contributed by atoms with E-state index in [1.165, 1.54) is 43.8 Å². The summed E-state index contributed by atoms with van der Waals surface area (Å²) >= 11 is 0. The van der Waals surface area contributed by atoms with E-state index in [9.17, 15) is 0 Å². The highest BCUT2D eigenvalue weighted by atomic mass is 14.3.